The maximum absolute atomic E-state index is 12.0. The molecule has 6 nitrogen and oxygen atoms in total. The van der Waals surface area contributed by atoms with Crippen LogP contribution in [0.2, 0.25) is 0 Å². The van der Waals surface area contributed by atoms with E-state index in [1.165, 1.54) is 0 Å². The van der Waals surface area contributed by atoms with Gasteiger partial charge in [-0.25, -0.2) is 0 Å². The third kappa shape index (κ3) is 4.60. The van der Waals surface area contributed by atoms with Gasteiger partial charge in [0.15, 0.2) is 0 Å². The first-order chi connectivity index (χ1) is 10.7. The second-order valence-electron chi connectivity index (χ2n) is 4.98. The highest BCUT2D eigenvalue weighted by Crippen LogP contribution is 2.23. The molecule has 0 spiro atoms. The van der Waals surface area contributed by atoms with Crippen LogP contribution in [0.1, 0.15) is 18.5 Å². The summed E-state index contributed by atoms with van der Waals surface area (Å²) in [7, 11) is 1.63. The van der Waals surface area contributed by atoms with Gasteiger partial charge in [0.1, 0.15) is 5.75 Å². The number of aromatic nitrogens is 2. The highest BCUT2D eigenvalue weighted by atomic mass is 16.5. The molecule has 1 heterocycles. The highest BCUT2D eigenvalue weighted by Gasteiger charge is 2.13. The Morgan fingerprint density at radius 3 is 2.91 bits per heavy atom. The van der Waals surface area contributed by atoms with Crippen LogP contribution in [-0.2, 0) is 11.3 Å². The van der Waals surface area contributed by atoms with E-state index < -0.39 is 0 Å². The molecule has 0 saturated carbocycles. The summed E-state index contributed by atoms with van der Waals surface area (Å²) in [6.45, 7) is 3.65. The van der Waals surface area contributed by atoms with Gasteiger partial charge in [0, 0.05) is 24.5 Å². The first-order valence-corrected chi connectivity index (χ1v) is 7.31. The lowest BCUT2D eigenvalue weighted by Gasteiger charge is -2.17. The summed E-state index contributed by atoms with van der Waals surface area (Å²) in [6, 6.07) is 9.46. The van der Waals surface area contributed by atoms with E-state index in [-0.39, 0.29) is 18.5 Å². The smallest absolute Gasteiger partial charge is 0.234 e. The number of nitrogens with zero attached hydrogens (tertiary/aromatic N) is 2. The lowest BCUT2D eigenvalue weighted by Crippen LogP contribution is -2.36. The predicted molar refractivity (Wildman–Crippen MR) is 84.6 cm³/mol. The summed E-state index contributed by atoms with van der Waals surface area (Å²) in [5.74, 6) is 0.737. The fraction of sp³-hybridized carbons (Fsp3) is 0.375. The molecule has 1 aromatic carbocycles. The van der Waals surface area contributed by atoms with E-state index in [0.29, 0.717) is 6.54 Å². The molecule has 2 N–H and O–H groups in total. The lowest BCUT2D eigenvalue weighted by atomic mass is 10.1. The Labute approximate surface area is 130 Å². The Balaban J connectivity index is 1.74. The standard InChI is InChI=1S/C16H22N4O2/c1-13(14-6-3-4-7-15(14)22-2)19-16(21)12-17-9-11-20-10-5-8-18-20/h3-8,10,13,17H,9,11-12H2,1-2H3,(H,19,21). The van der Waals surface area contributed by atoms with Gasteiger partial charge in [-0.3, -0.25) is 9.48 Å². The Hall–Kier alpha value is -2.34. The summed E-state index contributed by atoms with van der Waals surface area (Å²) in [5, 5.41) is 10.2. The second-order valence-corrected chi connectivity index (χ2v) is 4.98. The third-order valence-electron chi connectivity index (χ3n) is 3.35. The van der Waals surface area contributed by atoms with Gasteiger partial charge in [-0.2, -0.15) is 5.10 Å². The molecule has 1 aromatic heterocycles. The van der Waals surface area contributed by atoms with Crippen LogP contribution in [0.5, 0.6) is 5.75 Å². The van der Waals surface area contributed by atoms with Crippen LogP contribution >= 0.6 is 0 Å². The average Bonchev–Trinajstić information content (AvgIpc) is 3.04. The number of carbonyl (C=O) groups is 1. The topological polar surface area (TPSA) is 68.2 Å². The number of nitrogens with one attached hydrogen (secondary N) is 2. The number of benzene rings is 1. The van der Waals surface area contributed by atoms with Crippen molar-refractivity contribution in [2.24, 2.45) is 0 Å². The number of carbonyl (C=O) groups excluding carboxylic acids is 1. The highest BCUT2D eigenvalue weighted by molar-refractivity contribution is 5.78. The normalized spacial score (nSPS) is 11.9. The van der Waals surface area contributed by atoms with E-state index >= 15 is 0 Å². The summed E-state index contributed by atoms with van der Waals surface area (Å²) < 4.78 is 7.13. The minimum atomic E-state index is -0.100. The van der Waals surface area contributed by atoms with Crippen molar-refractivity contribution in [3.8, 4) is 5.75 Å². The number of hydrogen-bond acceptors (Lipinski definition) is 4. The molecule has 1 unspecified atom stereocenters. The molecule has 118 valence electrons. The van der Waals surface area contributed by atoms with Crippen molar-refractivity contribution in [1.82, 2.24) is 20.4 Å². The number of ether oxygens (including phenoxy) is 1. The number of hydrogen-bond donors (Lipinski definition) is 2. The number of methoxy groups -OCH3 is 1. The zero-order chi connectivity index (χ0) is 15.8. The number of para-hydroxylation sites is 1. The molecular weight excluding hydrogens is 280 g/mol. The predicted octanol–water partition coefficient (Wildman–Crippen LogP) is 1.36. The van der Waals surface area contributed by atoms with E-state index in [0.717, 1.165) is 17.9 Å². The van der Waals surface area contributed by atoms with Gasteiger partial charge < -0.3 is 15.4 Å². The van der Waals surface area contributed by atoms with Crippen molar-refractivity contribution in [2.45, 2.75) is 19.5 Å². The van der Waals surface area contributed by atoms with Crippen LogP contribution < -0.4 is 15.4 Å². The van der Waals surface area contributed by atoms with Gasteiger partial charge in [-0.1, -0.05) is 18.2 Å². The third-order valence-corrected chi connectivity index (χ3v) is 3.35. The Bertz CT molecular complexity index is 584. The van der Waals surface area contributed by atoms with Crippen molar-refractivity contribution in [1.29, 1.82) is 0 Å². The molecule has 0 aliphatic carbocycles. The van der Waals surface area contributed by atoms with Gasteiger partial charge in [0.25, 0.3) is 0 Å². The van der Waals surface area contributed by atoms with Gasteiger partial charge in [-0.15, -0.1) is 0 Å². The summed E-state index contributed by atoms with van der Waals surface area (Å²) in [4.78, 5) is 12.0. The van der Waals surface area contributed by atoms with Crippen molar-refractivity contribution >= 4 is 5.91 Å². The van der Waals surface area contributed by atoms with Crippen LogP contribution in [0.3, 0.4) is 0 Å². The molecule has 1 atom stereocenters. The molecular formula is C16H22N4O2. The molecule has 1 amide bonds. The van der Waals surface area contributed by atoms with Crippen LogP contribution in [0, 0.1) is 0 Å². The Kier molecular flexibility index (Phi) is 5.97. The summed E-state index contributed by atoms with van der Waals surface area (Å²) >= 11 is 0. The summed E-state index contributed by atoms with van der Waals surface area (Å²) in [6.07, 6.45) is 3.63. The molecule has 0 radical (unpaired) electrons. The van der Waals surface area contributed by atoms with E-state index in [9.17, 15) is 4.79 Å². The first kappa shape index (κ1) is 16.0. The molecule has 2 rings (SSSR count). The second kappa shape index (κ2) is 8.19. The van der Waals surface area contributed by atoms with Crippen LogP contribution in [0.4, 0.5) is 0 Å². The van der Waals surface area contributed by atoms with Crippen LogP contribution in [0.25, 0.3) is 0 Å². The van der Waals surface area contributed by atoms with Crippen LogP contribution in [-0.4, -0.2) is 35.9 Å². The maximum Gasteiger partial charge on any atom is 0.234 e. The van der Waals surface area contributed by atoms with E-state index in [2.05, 4.69) is 15.7 Å². The molecule has 6 heteroatoms. The molecule has 0 aliphatic heterocycles. The van der Waals surface area contributed by atoms with Gasteiger partial charge in [-0.05, 0) is 19.1 Å². The van der Waals surface area contributed by atoms with Crippen LogP contribution in [0.15, 0.2) is 42.7 Å². The molecule has 22 heavy (non-hydrogen) atoms. The van der Waals surface area contributed by atoms with Crippen molar-refractivity contribution in [3.05, 3.63) is 48.3 Å². The fourth-order valence-corrected chi connectivity index (χ4v) is 2.22. The molecule has 2 aromatic rings. The molecule has 0 aliphatic rings. The van der Waals surface area contributed by atoms with Gasteiger partial charge >= 0.3 is 0 Å². The minimum Gasteiger partial charge on any atom is -0.496 e. The lowest BCUT2D eigenvalue weighted by molar-refractivity contribution is -0.120. The van der Waals surface area contributed by atoms with Crippen molar-refractivity contribution in [2.75, 3.05) is 20.2 Å². The van der Waals surface area contributed by atoms with E-state index in [4.69, 9.17) is 4.74 Å². The molecule has 0 bridgehead atoms. The van der Waals surface area contributed by atoms with Crippen molar-refractivity contribution in [3.63, 3.8) is 0 Å². The monoisotopic (exact) mass is 302 g/mol. The number of amides is 1. The quantitative estimate of drug-likeness (QED) is 0.723. The molecule has 0 saturated heterocycles. The Morgan fingerprint density at radius 2 is 2.18 bits per heavy atom. The van der Waals surface area contributed by atoms with Gasteiger partial charge in [0.05, 0.1) is 26.2 Å². The maximum atomic E-state index is 12.0. The SMILES string of the molecule is COc1ccccc1C(C)NC(=O)CNCCn1cccn1. The zero-order valence-electron chi connectivity index (χ0n) is 13.0. The van der Waals surface area contributed by atoms with Gasteiger partial charge in [0.2, 0.25) is 5.91 Å². The van der Waals surface area contributed by atoms with Crippen molar-refractivity contribution < 1.29 is 9.53 Å². The summed E-state index contributed by atoms with van der Waals surface area (Å²) in [5.41, 5.74) is 0.967. The zero-order valence-corrected chi connectivity index (χ0v) is 13.0. The van der Waals surface area contributed by atoms with E-state index in [1.807, 2.05) is 48.1 Å². The van der Waals surface area contributed by atoms with E-state index in [1.54, 1.807) is 13.3 Å². The average molecular weight is 302 g/mol. The molecule has 0 fully saturated rings. The minimum absolute atomic E-state index is 0.0427. The number of rotatable bonds is 8. The Morgan fingerprint density at radius 1 is 1.36 bits per heavy atom. The first-order valence-electron chi connectivity index (χ1n) is 7.31. The fourth-order valence-electron chi connectivity index (χ4n) is 2.22. The largest absolute Gasteiger partial charge is 0.496 e.